The molecular weight excluding hydrogens is 363 g/mol. The molecule has 86 valence electrons. The average molecular weight is 374 g/mol. The third-order valence-corrected chi connectivity index (χ3v) is 2.69. The molecule has 0 amide bonds. The molecule has 2 aromatic carbocycles. The van der Waals surface area contributed by atoms with E-state index in [9.17, 15) is 4.57 Å². The maximum absolute atomic E-state index is 11.5. The molecule has 2 aromatic rings. The van der Waals surface area contributed by atoms with Crippen LogP contribution in [0.2, 0.25) is 0 Å². The Morgan fingerprint density at radius 2 is 1.06 bits per heavy atom. The van der Waals surface area contributed by atoms with Crippen molar-refractivity contribution in [3.05, 3.63) is 60.7 Å². The molecule has 0 saturated heterocycles. The largest absolute Gasteiger partial charge is 0.418 e. The molecule has 0 atom stereocenters. The van der Waals surface area contributed by atoms with Crippen LogP contribution < -0.4 is 9.05 Å². The Kier molecular flexibility index (Phi) is 6.81. The van der Waals surface area contributed by atoms with Crippen LogP contribution in [0.15, 0.2) is 60.7 Å². The van der Waals surface area contributed by atoms with Crippen molar-refractivity contribution in [1.82, 2.24) is 0 Å². The Labute approximate surface area is 134 Å². The van der Waals surface area contributed by atoms with Gasteiger partial charge in [-0.2, -0.15) is 0 Å². The summed E-state index contributed by atoms with van der Waals surface area (Å²) in [5.74, 6) is 1.09. The van der Waals surface area contributed by atoms with Crippen molar-refractivity contribution < 1.29 is 55.4 Å². The van der Waals surface area contributed by atoms with E-state index >= 15 is 0 Å². The Morgan fingerprint density at radius 3 is 1.41 bits per heavy atom. The Morgan fingerprint density at radius 1 is 0.706 bits per heavy atom. The second kappa shape index (κ2) is 7.87. The summed E-state index contributed by atoms with van der Waals surface area (Å²) in [7, 11) is -2.54. The predicted octanol–water partition coefficient (Wildman–Crippen LogP) is 3.53. The maximum Gasteiger partial charge on any atom is 0.418 e. The molecule has 3 nitrogen and oxygen atoms in total. The van der Waals surface area contributed by atoms with E-state index in [1.54, 1.807) is 24.3 Å². The smallest absolute Gasteiger partial charge is 0.418 e. The fraction of sp³-hybridized carbons (Fsp3) is 0. The normalized spacial score (nSPS) is 9.47. The number of hydrogen-bond donors (Lipinski definition) is 0. The van der Waals surface area contributed by atoms with Crippen molar-refractivity contribution in [2.75, 3.05) is 0 Å². The van der Waals surface area contributed by atoms with Crippen molar-refractivity contribution in [2.24, 2.45) is 0 Å². The van der Waals surface area contributed by atoms with Crippen LogP contribution in [0.4, 0.5) is 0 Å². The summed E-state index contributed by atoms with van der Waals surface area (Å²) < 4.78 is 21.8. The van der Waals surface area contributed by atoms with Crippen LogP contribution in [0.1, 0.15) is 0 Å². The fourth-order valence-corrected chi connectivity index (χ4v) is 1.89. The van der Waals surface area contributed by atoms with E-state index < -0.39 is 8.25 Å². The zero-order chi connectivity index (χ0) is 11.2. The van der Waals surface area contributed by atoms with Crippen LogP contribution >= 0.6 is 8.25 Å². The van der Waals surface area contributed by atoms with Crippen molar-refractivity contribution >= 4 is 8.25 Å². The minimum Gasteiger partial charge on any atom is -0.418 e. The van der Waals surface area contributed by atoms with Gasteiger partial charge in [-0.15, -0.1) is 0 Å². The maximum atomic E-state index is 11.5. The monoisotopic (exact) mass is 374 g/mol. The number of para-hydroxylation sites is 2. The van der Waals surface area contributed by atoms with E-state index in [-0.39, 0.29) is 41.7 Å². The van der Waals surface area contributed by atoms with Gasteiger partial charge in [0, 0.05) is 41.7 Å². The molecule has 0 saturated carbocycles. The van der Waals surface area contributed by atoms with Gasteiger partial charge in [0.2, 0.25) is 0 Å². The van der Waals surface area contributed by atoms with Gasteiger partial charge in [-0.05, 0) is 24.3 Å². The summed E-state index contributed by atoms with van der Waals surface area (Å²) in [4.78, 5) is 0. The van der Waals surface area contributed by atoms with Crippen LogP contribution in [-0.2, 0) is 4.57 Å². The first-order chi connectivity index (χ1) is 7.84. The molecule has 0 bridgehead atoms. The Hall–Kier alpha value is -0.353. The zero-order valence-electron chi connectivity index (χ0n) is 9.00. The first kappa shape index (κ1) is 14.7. The summed E-state index contributed by atoms with van der Waals surface area (Å²) in [6, 6.07) is 17.9. The van der Waals surface area contributed by atoms with E-state index in [2.05, 4.69) is 0 Å². The van der Waals surface area contributed by atoms with Gasteiger partial charge in [0.05, 0.1) is 0 Å². The van der Waals surface area contributed by atoms with E-state index in [0.717, 1.165) is 0 Å². The number of rotatable bonds is 4. The predicted molar refractivity (Wildman–Crippen MR) is 63.1 cm³/mol. The summed E-state index contributed by atoms with van der Waals surface area (Å²) in [6.45, 7) is 0. The topological polar surface area (TPSA) is 35.5 Å². The summed E-state index contributed by atoms with van der Waals surface area (Å²) >= 11 is 0. The molecule has 5 heteroatoms. The summed E-state index contributed by atoms with van der Waals surface area (Å²) in [6.07, 6.45) is 0. The molecule has 0 aromatic heterocycles. The first-order valence-corrected chi connectivity index (χ1v) is 6.07. The molecule has 2 rings (SSSR count). The number of hydrogen-bond acceptors (Lipinski definition) is 3. The number of benzene rings is 2. The average Bonchev–Trinajstić information content (AvgIpc) is 2.31. The summed E-state index contributed by atoms with van der Waals surface area (Å²) in [5.41, 5.74) is 0. The van der Waals surface area contributed by atoms with Crippen LogP contribution in [0, 0.1) is 41.7 Å². The zero-order valence-corrected chi connectivity index (χ0v) is 13.1. The molecule has 0 heterocycles. The fourth-order valence-electron chi connectivity index (χ4n) is 1.19. The van der Waals surface area contributed by atoms with Crippen molar-refractivity contribution in [3.8, 4) is 11.5 Å². The summed E-state index contributed by atoms with van der Waals surface area (Å²) in [5, 5.41) is 0. The van der Waals surface area contributed by atoms with Gasteiger partial charge in [-0.25, -0.2) is 4.57 Å². The first-order valence-electron chi connectivity index (χ1n) is 4.84. The molecule has 0 aliphatic carbocycles. The molecule has 0 spiro atoms. The second-order valence-corrected chi connectivity index (χ2v) is 3.99. The van der Waals surface area contributed by atoms with Crippen LogP contribution in [0.25, 0.3) is 0 Å². The van der Waals surface area contributed by atoms with Gasteiger partial charge in [0.1, 0.15) is 11.5 Å². The van der Waals surface area contributed by atoms with Crippen molar-refractivity contribution in [1.29, 1.82) is 0 Å². The van der Waals surface area contributed by atoms with E-state index in [0.29, 0.717) is 11.5 Å². The molecular formula is C12H11CeO3P. The molecule has 0 fully saturated rings. The third kappa shape index (κ3) is 5.21. The third-order valence-electron chi connectivity index (χ3n) is 1.89. The standard InChI is InChI=1S/C12H11O3P.Ce/c13-16(14-11-7-3-1-4-8-11)15-12-9-5-2-6-10-12;/h1-10,16H;. The molecule has 0 aliphatic rings. The minimum atomic E-state index is -2.54. The minimum absolute atomic E-state index is 0. The molecule has 0 radical (unpaired) electrons. The molecule has 17 heavy (non-hydrogen) atoms. The molecule has 0 unspecified atom stereocenters. The van der Waals surface area contributed by atoms with E-state index in [1.807, 2.05) is 36.4 Å². The van der Waals surface area contributed by atoms with Gasteiger partial charge in [0.15, 0.2) is 0 Å². The van der Waals surface area contributed by atoms with E-state index in [4.69, 9.17) is 9.05 Å². The van der Waals surface area contributed by atoms with Crippen molar-refractivity contribution in [2.45, 2.75) is 0 Å². The van der Waals surface area contributed by atoms with Crippen LogP contribution in [0.3, 0.4) is 0 Å². The quantitative estimate of drug-likeness (QED) is 0.768. The van der Waals surface area contributed by atoms with E-state index in [1.165, 1.54) is 0 Å². The van der Waals surface area contributed by atoms with Gasteiger partial charge < -0.3 is 9.05 Å². The molecule has 0 N–H and O–H groups in total. The van der Waals surface area contributed by atoms with Crippen molar-refractivity contribution in [3.63, 3.8) is 0 Å². The van der Waals surface area contributed by atoms with Gasteiger partial charge >= 0.3 is 8.25 Å². The van der Waals surface area contributed by atoms with Gasteiger partial charge in [0.25, 0.3) is 0 Å². The Bertz CT molecular complexity index is 418. The second-order valence-electron chi connectivity index (χ2n) is 3.08. The van der Waals surface area contributed by atoms with Gasteiger partial charge in [-0.3, -0.25) is 0 Å². The Balaban J connectivity index is 0.00000144. The van der Waals surface area contributed by atoms with Crippen LogP contribution in [0.5, 0.6) is 11.5 Å². The molecule has 0 aliphatic heterocycles. The van der Waals surface area contributed by atoms with Gasteiger partial charge in [-0.1, -0.05) is 36.4 Å². The van der Waals surface area contributed by atoms with Crippen LogP contribution in [-0.4, -0.2) is 0 Å². The SMILES string of the molecule is O=[PH](Oc1ccccc1)Oc1ccccc1.[Ce].